The van der Waals surface area contributed by atoms with Crippen LogP contribution in [0.1, 0.15) is 41.1 Å². The van der Waals surface area contributed by atoms with Crippen molar-refractivity contribution in [2.75, 3.05) is 19.6 Å². The smallest absolute Gasteiger partial charge is 0.348 e. The van der Waals surface area contributed by atoms with Gasteiger partial charge in [0.2, 0.25) is 5.82 Å². The minimum Gasteiger partial charge on any atom is -0.348 e. The van der Waals surface area contributed by atoms with Crippen LogP contribution in [-0.2, 0) is 4.83 Å². The summed E-state index contributed by atoms with van der Waals surface area (Å²) in [5, 5.41) is 6.58. The zero-order valence-electron chi connectivity index (χ0n) is 17.5. The van der Waals surface area contributed by atoms with Gasteiger partial charge in [-0.15, -0.1) is 0 Å². The molecule has 2 aromatic carbocycles. The van der Waals surface area contributed by atoms with E-state index in [-0.39, 0.29) is 17.8 Å². The molecule has 1 aromatic heterocycles. The fourth-order valence-electron chi connectivity index (χ4n) is 3.96. The lowest BCUT2D eigenvalue weighted by atomic mass is 9.99. The van der Waals surface area contributed by atoms with Gasteiger partial charge >= 0.3 is 10.7 Å². The molecular formula is C23H23BrF2N4O2. The highest BCUT2D eigenvalue weighted by atomic mass is 79.9. The number of nitrogens with zero attached hydrogens (tertiary/aromatic N) is 3. The van der Waals surface area contributed by atoms with Gasteiger partial charge in [0.25, 0.3) is 5.91 Å². The Balaban J connectivity index is 1.30. The summed E-state index contributed by atoms with van der Waals surface area (Å²) in [6, 6.07) is 16.9. The lowest BCUT2D eigenvalue weighted by Crippen LogP contribution is -2.41. The number of carbonyl (C=O) groups excluding carboxylic acids is 1. The average molecular weight is 505 g/mol. The van der Waals surface area contributed by atoms with Crippen LogP contribution in [0.15, 0.2) is 59.1 Å². The number of aromatic nitrogens is 2. The van der Waals surface area contributed by atoms with Crippen LogP contribution in [0.4, 0.5) is 8.78 Å². The molecule has 0 saturated carbocycles. The number of carbonyl (C=O) groups is 1. The van der Waals surface area contributed by atoms with E-state index in [1.807, 2.05) is 13.0 Å². The van der Waals surface area contributed by atoms with Crippen LogP contribution in [0.25, 0.3) is 11.4 Å². The van der Waals surface area contributed by atoms with Gasteiger partial charge in [-0.05, 0) is 43.5 Å². The number of rotatable bonds is 7. The molecular weight excluding hydrogens is 482 g/mol. The van der Waals surface area contributed by atoms with Gasteiger partial charge < -0.3 is 14.7 Å². The lowest BCUT2D eigenvalue weighted by molar-refractivity contribution is 0.0725. The van der Waals surface area contributed by atoms with E-state index in [1.54, 1.807) is 24.3 Å². The van der Waals surface area contributed by atoms with E-state index < -0.39 is 10.7 Å². The van der Waals surface area contributed by atoms with E-state index in [1.165, 1.54) is 5.56 Å². The standard InChI is InChI=1S/C23H23BrF2N4O2/c1-15(13-30-12-11-19(14-30)16-5-3-2-4-6-16)27-21(31)18-9-7-17(8-10-18)20-28-22(32-29-20)23(24,25)26/h2-10,15,19H,11-14H2,1H3,(H,27,31)/t15-,19?/m1/s1. The highest BCUT2D eigenvalue weighted by Gasteiger charge is 2.35. The van der Waals surface area contributed by atoms with Gasteiger partial charge in [0, 0.05) is 46.2 Å². The maximum absolute atomic E-state index is 13.2. The Labute approximate surface area is 193 Å². The van der Waals surface area contributed by atoms with Gasteiger partial charge in [-0.25, -0.2) is 0 Å². The lowest BCUT2D eigenvalue weighted by Gasteiger charge is -2.22. The molecule has 4 rings (SSSR count). The summed E-state index contributed by atoms with van der Waals surface area (Å²) in [7, 11) is 0. The number of alkyl halides is 3. The summed E-state index contributed by atoms with van der Waals surface area (Å²) in [6.07, 6.45) is 1.12. The summed E-state index contributed by atoms with van der Waals surface area (Å²) >= 11 is 2.19. The SMILES string of the molecule is C[C@H](CN1CCC(c2ccccc2)C1)NC(=O)c1ccc(-c2noc(C(F)(F)Br)n2)cc1. The molecule has 6 nitrogen and oxygen atoms in total. The van der Waals surface area contributed by atoms with Crippen LogP contribution in [0.3, 0.4) is 0 Å². The van der Waals surface area contributed by atoms with Crippen LogP contribution in [0.5, 0.6) is 0 Å². The Morgan fingerprint density at radius 1 is 1.25 bits per heavy atom. The van der Waals surface area contributed by atoms with Crippen molar-refractivity contribution >= 4 is 21.8 Å². The van der Waals surface area contributed by atoms with E-state index in [4.69, 9.17) is 0 Å². The number of halogens is 3. The van der Waals surface area contributed by atoms with Crippen LogP contribution >= 0.6 is 15.9 Å². The van der Waals surface area contributed by atoms with Crippen LogP contribution in [0, 0.1) is 0 Å². The molecule has 2 heterocycles. The highest BCUT2D eigenvalue weighted by molar-refractivity contribution is 9.09. The Hall–Kier alpha value is -2.65. The van der Waals surface area contributed by atoms with E-state index in [0.717, 1.165) is 26.1 Å². The van der Waals surface area contributed by atoms with Crippen molar-refractivity contribution in [2.45, 2.75) is 30.1 Å². The van der Waals surface area contributed by atoms with Crippen molar-refractivity contribution in [3.63, 3.8) is 0 Å². The molecule has 1 fully saturated rings. The second kappa shape index (κ2) is 9.46. The van der Waals surface area contributed by atoms with Crippen molar-refractivity contribution in [3.05, 3.63) is 71.6 Å². The fraction of sp³-hybridized carbons (Fsp3) is 0.348. The van der Waals surface area contributed by atoms with E-state index in [9.17, 15) is 13.6 Å². The molecule has 1 amide bonds. The van der Waals surface area contributed by atoms with Gasteiger partial charge in [0.1, 0.15) is 0 Å². The molecule has 1 aliphatic heterocycles. The van der Waals surface area contributed by atoms with Gasteiger partial charge in [-0.3, -0.25) is 4.79 Å². The second-order valence-corrected chi connectivity index (χ2v) is 9.02. The Morgan fingerprint density at radius 3 is 2.62 bits per heavy atom. The number of nitrogens with one attached hydrogen (secondary N) is 1. The third kappa shape index (κ3) is 5.39. The minimum absolute atomic E-state index is 0.0161. The number of benzene rings is 2. The Kier molecular flexibility index (Phi) is 6.66. The largest absolute Gasteiger partial charge is 0.378 e. The summed E-state index contributed by atoms with van der Waals surface area (Å²) in [6.45, 7) is 4.76. The molecule has 0 spiro atoms. The average Bonchev–Trinajstić information content (AvgIpc) is 3.44. The quantitative estimate of drug-likeness (QED) is 0.468. The Bertz CT molecular complexity index is 1050. The third-order valence-electron chi connectivity index (χ3n) is 5.53. The first-order valence-corrected chi connectivity index (χ1v) is 11.2. The summed E-state index contributed by atoms with van der Waals surface area (Å²) in [4.78, 5) is 15.3. The molecule has 0 radical (unpaired) electrons. The number of likely N-dealkylation sites (tertiary alicyclic amines) is 1. The highest BCUT2D eigenvalue weighted by Crippen LogP contribution is 2.34. The van der Waals surface area contributed by atoms with Crippen LogP contribution in [-0.4, -0.2) is 46.6 Å². The normalized spacial score (nSPS) is 17.9. The predicted molar refractivity (Wildman–Crippen MR) is 120 cm³/mol. The molecule has 1 unspecified atom stereocenters. The fourth-order valence-corrected chi connectivity index (χ4v) is 4.12. The zero-order chi connectivity index (χ0) is 22.7. The molecule has 168 valence electrons. The summed E-state index contributed by atoms with van der Waals surface area (Å²) in [5.41, 5.74) is 2.31. The van der Waals surface area contributed by atoms with Crippen LogP contribution < -0.4 is 5.32 Å². The Morgan fingerprint density at radius 2 is 1.97 bits per heavy atom. The van der Waals surface area contributed by atoms with Crippen molar-refractivity contribution in [1.29, 1.82) is 0 Å². The van der Waals surface area contributed by atoms with Crippen molar-refractivity contribution in [3.8, 4) is 11.4 Å². The maximum atomic E-state index is 13.2. The first-order valence-electron chi connectivity index (χ1n) is 10.4. The molecule has 2 atom stereocenters. The zero-order valence-corrected chi connectivity index (χ0v) is 19.1. The number of amides is 1. The third-order valence-corrected chi connectivity index (χ3v) is 5.87. The summed E-state index contributed by atoms with van der Waals surface area (Å²) in [5.74, 6) is -0.452. The molecule has 1 saturated heterocycles. The van der Waals surface area contributed by atoms with Gasteiger partial charge in [0.15, 0.2) is 0 Å². The molecule has 9 heteroatoms. The monoisotopic (exact) mass is 504 g/mol. The second-order valence-electron chi connectivity index (χ2n) is 8.03. The van der Waals surface area contributed by atoms with E-state index >= 15 is 0 Å². The van der Waals surface area contributed by atoms with Gasteiger partial charge in [-0.1, -0.05) is 47.6 Å². The first kappa shape index (κ1) is 22.5. The maximum Gasteiger partial charge on any atom is 0.378 e. The van der Waals surface area contributed by atoms with E-state index in [2.05, 4.69) is 65.1 Å². The molecule has 0 bridgehead atoms. The van der Waals surface area contributed by atoms with Gasteiger partial charge in [-0.2, -0.15) is 13.8 Å². The predicted octanol–water partition coefficient (Wildman–Crippen LogP) is 4.79. The minimum atomic E-state index is -3.38. The molecule has 0 aliphatic carbocycles. The number of hydrogen-bond acceptors (Lipinski definition) is 5. The molecule has 32 heavy (non-hydrogen) atoms. The van der Waals surface area contributed by atoms with Crippen molar-refractivity contribution in [1.82, 2.24) is 20.4 Å². The molecule has 3 aromatic rings. The van der Waals surface area contributed by atoms with Crippen molar-refractivity contribution in [2.24, 2.45) is 0 Å². The van der Waals surface area contributed by atoms with Crippen molar-refractivity contribution < 1.29 is 18.1 Å². The number of hydrogen-bond donors (Lipinski definition) is 1. The summed E-state index contributed by atoms with van der Waals surface area (Å²) < 4.78 is 31.0. The van der Waals surface area contributed by atoms with E-state index in [0.29, 0.717) is 17.0 Å². The van der Waals surface area contributed by atoms with Gasteiger partial charge in [0.05, 0.1) is 0 Å². The topological polar surface area (TPSA) is 71.3 Å². The molecule has 1 aliphatic rings. The molecule has 1 N–H and O–H groups in total. The first-order chi connectivity index (χ1) is 15.3. The van der Waals surface area contributed by atoms with Crippen LogP contribution in [0.2, 0.25) is 0 Å².